The zero-order chi connectivity index (χ0) is 29.1. The standard InChI is InChI=1S/C31H40N6O3/c1-20-18-34-29(40-20)22-14-25(35-38)28(26(15-22)39-19-21-10-8-7-9-11-21)24(32)12-13-27(33)37(6)23-16-30(2,3)36-31(4,5)17-23/h7-15,18,23,36H,16-17,19,32-33H2,1-6H3/b24-12-,27-13+. The molecule has 3 aromatic rings. The van der Waals surface area contributed by atoms with Crippen LogP contribution in [0.1, 0.15) is 57.4 Å². The normalized spacial score (nSPS) is 17.4. The number of rotatable bonds is 9. The first kappa shape index (κ1) is 28.9. The van der Waals surface area contributed by atoms with Gasteiger partial charge in [-0.15, -0.1) is 4.91 Å². The molecule has 0 aliphatic carbocycles. The molecule has 0 unspecified atom stereocenters. The van der Waals surface area contributed by atoms with Crippen LogP contribution in [0.4, 0.5) is 5.69 Å². The van der Waals surface area contributed by atoms with Crippen LogP contribution in [0.2, 0.25) is 0 Å². The predicted molar refractivity (Wildman–Crippen MR) is 159 cm³/mol. The van der Waals surface area contributed by atoms with Crippen molar-refractivity contribution >= 4 is 11.4 Å². The van der Waals surface area contributed by atoms with E-state index >= 15 is 0 Å². The van der Waals surface area contributed by atoms with E-state index in [-0.39, 0.29) is 29.4 Å². The van der Waals surface area contributed by atoms with Crippen molar-refractivity contribution in [2.45, 2.75) is 71.2 Å². The average molecular weight is 545 g/mol. The zero-order valence-corrected chi connectivity index (χ0v) is 24.2. The molecule has 0 saturated carbocycles. The van der Waals surface area contributed by atoms with Crippen molar-refractivity contribution in [2.24, 2.45) is 16.6 Å². The van der Waals surface area contributed by atoms with Gasteiger partial charge in [0.2, 0.25) is 5.89 Å². The lowest BCUT2D eigenvalue weighted by atomic mass is 9.79. The van der Waals surface area contributed by atoms with Gasteiger partial charge in [-0.3, -0.25) is 0 Å². The van der Waals surface area contributed by atoms with Crippen molar-refractivity contribution < 1.29 is 9.15 Å². The highest BCUT2D eigenvalue weighted by Gasteiger charge is 2.39. The van der Waals surface area contributed by atoms with Gasteiger partial charge in [0.05, 0.1) is 17.6 Å². The molecular weight excluding hydrogens is 504 g/mol. The monoisotopic (exact) mass is 544 g/mol. The van der Waals surface area contributed by atoms with E-state index in [1.165, 1.54) is 0 Å². The van der Waals surface area contributed by atoms with Crippen LogP contribution in [0.15, 0.2) is 76.2 Å². The van der Waals surface area contributed by atoms with Crippen molar-refractivity contribution in [1.29, 1.82) is 0 Å². The first-order valence-electron chi connectivity index (χ1n) is 13.4. The smallest absolute Gasteiger partial charge is 0.226 e. The van der Waals surface area contributed by atoms with Gasteiger partial charge in [-0.1, -0.05) is 30.3 Å². The Morgan fingerprint density at radius 1 is 1.15 bits per heavy atom. The van der Waals surface area contributed by atoms with Crippen LogP contribution in [-0.2, 0) is 6.61 Å². The van der Waals surface area contributed by atoms with Crippen molar-refractivity contribution in [3.8, 4) is 17.2 Å². The summed E-state index contributed by atoms with van der Waals surface area (Å²) >= 11 is 0. The predicted octanol–water partition coefficient (Wildman–Crippen LogP) is 5.97. The molecule has 1 aliphatic heterocycles. The molecule has 2 aromatic carbocycles. The maximum Gasteiger partial charge on any atom is 0.226 e. The molecule has 1 aliphatic rings. The molecule has 212 valence electrons. The number of piperidine rings is 1. The zero-order valence-electron chi connectivity index (χ0n) is 24.2. The van der Waals surface area contributed by atoms with E-state index in [2.05, 4.69) is 48.1 Å². The van der Waals surface area contributed by atoms with E-state index in [1.807, 2.05) is 37.4 Å². The average Bonchev–Trinajstić information content (AvgIpc) is 3.34. The van der Waals surface area contributed by atoms with Crippen LogP contribution in [-0.4, -0.2) is 34.1 Å². The fraction of sp³-hybridized carbons (Fsp3) is 0.387. The van der Waals surface area contributed by atoms with Crippen LogP contribution in [0.5, 0.6) is 5.75 Å². The molecule has 4 rings (SSSR count). The number of allylic oxidation sites excluding steroid dienone is 2. The van der Waals surface area contributed by atoms with Crippen LogP contribution < -0.4 is 21.5 Å². The van der Waals surface area contributed by atoms with Gasteiger partial charge < -0.3 is 30.8 Å². The van der Waals surface area contributed by atoms with Gasteiger partial charge in [0.25, 0.3) is 0 Å². The number of nitrogens with zero attached hydrogens (tertiary/aromatic N) is 3. The van der Waals surface area contributed by atoms with E-state index in [0.29, 0.717) is 40.0 Å². The van der Waals surface area contributed by atoms with Crippen molar-refractivity contribution in [3.05, 3.63) is 88.4 Å². The largest absolute Gasteiger partial charge is 0.488 e. The van der Waals surface area contributed by atoms with Gasteiger partial charge in [0, 0.05) is 35.4 Å². The summed E-state index contributed by atoms with van der Waals surface area (Å²) in [6.07, 6.45) is 6.96. The molecule has 9 heteroatoms. The number of aryl methyl sites for hydroxylation is 1. The number of hydrogen-bond acceptors (Lipinski definition) is 9. The Hall–Kier alpha value is -4.11. The fourth-order valence-corrected chi connectivity index (χ4v) is 5.55. The number of ether oxygens (including phenoxy) is 1. The van der Waals surface area contributed by atoms with Crippen molar-refractivity contribution in [3.63, 3.8) is 0 Å². The maximum absolute atomic E-state index is 12.0. The van der Waals surface area contributed by atoms with Gasteiger partial charge in [0.15, 0.2) is 0 Å². The Morgan fingerprint density at radius 3 is 2.42 bits per heavy atom. The summed E-state index contributed by atoms with van der Waals surface area (Å²) in [4.78, 5) is 18.4. The summed E-state index contributed by atoms with van der Waals surface area (Å²) in [6, 6.07) is 13.3. The Morgan fingerprint density at radius 2 is 1.82 bits per heavy atom. The molecule has 9 nitrogen and oxygen atoms in total. The van der Waals surface area contributed by atoms with Gasteiger partial charge >= 0.3 is 0 Å². The number of benzene rings is 2. The Kier molecular flexibility index (Phi) is 8.34. The van der Waals surface area contributed by atoms with Crippen molar-refractivity contribution in [2.75, 3.05) is 7.05 Å². The lowest BCUT2D eigenvalue weighted by molar-refractivity contribution is 0.0981. The number of aromatic nitrogens is 1. The molecule has 0 radical (unpaired) electrons. The second-order valence-electron chi connectivity index (χ2n) is 11.8. The summed E-state index contributed by atoms with van der Waals surface area (Å²) in [5.74, 6) is 1.97. The summed E-state index contributed by atoms with van der Waals surface area (Å²) in [5, 5.41) is 6.98. The van der Waals surface area contributed by atoms with Gasteiger partial charge in [0.1, 0.15) is 23.8 Å². The molecular formula is C31H40N6O3. The minimum atomic E-state index is -0.0194. The van der Waals surface area contributed by atoms with E-state index in [1.54, 1.807) is 37.4 Å². The van der Waals surface area contributed by atoms with Crippen LogP contribution in [0.25, 0.3) is 17.2 Å². The minimum absolute atomic E-state index is 0.0194. The van der Waals surface area contributed by atoms with Gasteiger partial charge in [-0.25, -0.2) is 4.98 Å². The molecule has 0 spiro atoms. The lowest BCUT2D eigenvalue weighted by Crippen LogP contribution is -2.61. The Bertz CT molecular complexity index is 1390. The Balaban J connectivity index is 1.67. The molecule has 0 amide bonds. The third-order valence-electron chi connectivity index (χ3n) is 7.13. The topological polar surface area (TPSA) is 132 Å². The fourth-order valence-electron chi connectivity index (χ4n) is 5.55. The van der Waals surface area contributed by atoms with Gasteiger partial charge in [-0.05, 0) is 82.5 Å². The second kappa shape index (κ2) is 11.6. The first-order chi connectivity index (χ1) is 18.9. The van der Waals surface area contributed by atoms with E-state index in [9.17, 15) is 4.91 Å². The summed E-state index contributed by atoms with van der Waals surface area (Å²) < 4.78 is 11.9. The second-order valence-corrected chi connectivity index (χ2v) is 11.8. The highest BCUT2D eigenvalue weighted by molar-refractivity contribution is 5.82. The summed E-state index contributed by atoms with van der Waals surface area (Å²) in [5.41, 5.74) is 15.4. The van der Waals surface area contributed by atoms with Crippen LogP contribution in [0, 0.1) is 11.8 Å². The molecule has 1 saturated heterocycles. The Labute approximate surface area is 236 Å². The van der Waals surface area contributed by atoms with E-state index in [0.717, 1.165) is 18.4 Å². The van der Waals surface area contributed by atoms with Crippen molar-refractivity contribution in [1.82, 2.24) is 15.2 Å². The number of nitrogens with two attached hydrogens (primary N) is 2. The highest BCUT2D eigenvalue weighted by Crippen LogP contribution is 2.39. The number of hydrogen-bond donors (Lipinski definition) is 3. The summed E-state index contributed by atoms with van der Waals surface area (Å²) in [6.45, 7) is 10.9. The molecule has 1 fully saturated rings. The van der Waals surface area contributed by atoms with Crippen LogP contribution >= 0.6 is 0 Å². The third kappa shape index (κ3) is 6.90. The summed E-state index contributed by atoms with van der Waals surface area (Å²) in [7, 11) is 2.00. The number of nitroso groups, excluding NO2 is 1. The minimum Gasteiger partial charge on any atom is -0.488 e. The molecule has 0 atom stereocenters. The SMILES string of the molecule is Cc1cnc(-c2cc(N=O)c(/C(N)=C/C=C(\N)N(C)C3CC(C)(C)NC(C)(C)C3)c(OCc3ccccc3)c2)o1. The molecule has 5 N–H and O–H groups in total. The molecule has 0 bridgehead atoms. The molecule has 2 heterocycles. The van der Waals surface area contributed by atoms with E-state index in [4.69, 9.17) is 20.6 Å². The highest BCUT2D eigenvalue weighted by atomic mass is 16.5. The van der Waals surface area contributed by atoms with E-state index < -0.39 is 0 Å². The maximum atomic E-state index is 12.0. The van der Waals surface area contributed by atoms with Crippen LogP contribution in [0.3, 0.4) is 0 Å². The first-order valence-corrected chi connectivity index (χ1v) is 13.4. The third-order valence-corrected chi connectivity index (χ3v) is 7.13. The number of oxazole rings is 1. The number of nitrogens with one attached hydrogen (secondary N) is 1. The molecule has 40 heavy (non-hydrogen) atoms. The quantitative estimate of drug-likeness (QED) is 0.222. The lowest BCUT2D eigenvalue weighted by Gasteiger charge is -2.49. The molecule has 1 aromatic heterocycles. The van der Waals surface area contributed by atoms with Gasteiger partial charge in [-0.2, -0.15) is 0 Å².